The third-order valence-corrected chi connectivity index (χ3v) is 5.00. The first-order chi connectivity index (χ1) is 15.3. The molecule has 0 spiro atoms. The summed E-state index contributed by atoms with van der Waals surface area (Å²) < 4.78 is 0. The molecule has 0 saturated carbocycles. The Morgan fingerprint density at radius 2 is 1.84 bits per heavy atom. The van der Waals surface area contributed by atoms with Gasteiger partial charge in [0.05, 0.1) is 10.6 Å². The Labute approximate surface area is 191 Å². The first-order valence-corrected chi connectivity index (χ1v) is 10.5. The monoisotopic (exact) mass is 462 g/mol. The fraction of sp³-hybridized carbons (Fsp3) is 0.318. The summed E-state index contributed by atoms with van der Waals surface area (Å²) in [6, 6.07) is 9.61. The summed E-state index contributed by atoms with van der Waals surface area (Å²) in [5.41, 5.74) is 6.37. The number of carbonyl (C=O) groups excluding carboxylic acids is 2. The Morgan fingerprint density at radius 1 is 1.06 bits per heavy atom. The number of hydrogen-bond donors (Lipinski definition) is 6. The number of rotatable bonds is 12. The van der Waals surface area contributed by atoms with Crippen molar-refractivity contribution in [3.05, 3.63) is 64.2 Å². The molecule has 172 valence electrons. The number of aromatic hydroxyl groups is 1. The molecule has 0 heterocycles. The van der Waals surface area contributed by atoms with E-state index in [-0.39, 0.29) is 34.9 Å². The van der Waals surface area contributed by atoms with Crippen LogP contribution in [0.3, 0.4) is 0 Å². The smallest absolute Gasteiger partial charge is 0.326 e. The molecule has 1 unspecified atom stereocenters. The topological polar surface area (TPSA) is 154 Å². The summed E-state index contributed by atoms with van der Waals surface area (Å²) in [5, 5.41) is 27.0. The Morgan fingerprint density at radius 3 is 2.50 bits per heavy atom. The van der Waals surface area contributed by atoms with E-state index in [0.717, 1.165) is 12.0 Å². The third-order valence-electron chi connectivity index (χ3n) is 4.68. The molecule has 9 nitrogen and oxygen atoms in total. The number of hydrogen-bond acceptors (Lipinski definition) is 6. The van der Waals surface area contributed by atoms with Crippen LogP contribution in [0.15, 0.2) is 42.5 Å². The molecule has 0 aliphatic carbocycles. The first kappa shape index (κ1) is 25.1. The van der Waals surface area contributed by atoms with Crippen LogP contribution in [0, 0.1) is 0 Å². The van der Waals surface area contributed by atoms with E-state index in [2.05, 4.69) is 16.0 Å². The minimum atomic E-state index is -1.13. The van der Waals surface area contributed by atoms with Crippen LogP contribution in [-0.2, 0) is 11.3 Å². The van der Waals surface area contributed by atoms with Crippen LogP contribution in [0.2, 0.25) is 5.02 Å². The summed E-state index contributed by atoms with van der Waals surface area (Å²) in [4.78, 5) is 36.4. The molecule has 0 aromatic heterocycles. The predicted molar refractivity (Wildman–Crippen MR) is 121 cm³/mol. The number of carbonyl (C=O) groups is 3. The summed E-state index contributed by atoms with van der Waals surface area (Å²) >= 11 is 6.19. The van der Waals surface area contributed by atoms with E-state index in [0.29, 0.717) is 19.6 Å². The highest BCUT2D eigenvalue weighted by Gasteiger charge is 2.22. The van der Waals surface area contributed by atoms with Crippen LogP contribution in [0.25, 0.3) is 0 Å². The van der Waals surface area contributed by atoms with Crippen LogP contribution >= 0.6 is 11.6 Å². The van der Waals surface area contributed by atoms with E-state index in [1.807, 2.05) is 0 Å². The standard InChI is InChI=1S/C22H27ClN4O5/c23-18-11-15(20(29)26-12-14-4-3-5-16(28)10-14)7-8-17(18)21(30)27-19(22(31)32)6-1-2-9-25-13-24/h3-5,7-8,10-11,19,25,28H,1-2,6,9,12-13,24H2,(H,26,29)(H,27,30)(H,31,32). The van der Waals surface area contributed by atoms with E-state index in [1.54, 1.807) is 12.1 Å². The molecule has 1 atom stereocenters. The molecule has 2 amide bonds. The SMILES string of the molecule is NCNCCCCC(NC(=O)c1ccc(C(=O)NCc2cccc(O)c2)cc1Cl)C(=O)O. The number of benzene rings is 2. The van der Waals surface area contributed by atoms with Gasteiger partial charge in [0.1, 0.15) is 11.8 Å². The fourth-order valence-corrected chi connectivity index (χ4v) is 3.25. The zero-order valence-corrected chi connectivity index (χ0v) is 18.2. The highest BCUT2D eigenvalue weighted by atomic mass is 35.5. The molecule has 0 fully saturated rings. The molecule has 2 rings (SSSR count). The van der Waals surface area contributed by atoms with Gasteiger partial charge in [0.15, 0.2) is 0 Å². The number of nitrogens with one attached hydrogen (secondary N) is 3. The number of amides is 2. The summed E-state index contributed by atoms with van der Waals surface area (Å²) in [5.74, 6) is -2.07. The number of aliphatic carboxylic acids is 1. The van der Waals surface area contributed by atoms with Gasteiger partial charge >= 0.3 is 5.97 Å². The van der Waals surface area contributed by atoms with Crippen molar-refractivity contribution in [2.75, 3.05) is 13.2 Å². The lowest BCUT2D eigenvalue weighted by Crippen LogP contribution is -2.41. The van der Waals surface area contributed by atoms with E-state index < -0.39 is 23.8 Å². The Hall–Kier alpha value is -3.14. The number of carboxylic acid groups (broad SMARTS) is 1. The molecular formula is C22H27ClN4O5. The zero-order valence-electron chi connectivity index (χ0n) is 17.4. The van der Waals surface area contributed by atoms with Crippen LogP contribution in [0.5, 0.6) is 5.75 Å². The lowest BCUT2D eigenvalue weighted by atomic mass is 10.1. The van der Waals surface area contributed by atoms with Gasteiger partial charge in [-0.15, -0.1) is 0 Å². The molecular weight excluding hydrogens is 436 g/mol. The van der Waals surface area contributed by atoms with Crippen molar-refractivity contribution in [2.45, 2.75) is 31.8 Å². The van der Waals surface area contributed by atoms with Crippen LogP contribution in [-0.4, -0.2) is 47.3 Å². The van der Waals surface area contributed by atoms with Crippen LogP contribution in [0.4, 0.5) is 0 Å². The van der Waals surface area contributed by atoms with E-state index >= 15 is 0 Å². The van der Waals surface area contributed by atoms with Crippen molar-refractivity contribution < 1.29 is 24.6 Å². The number of unbranched alkanes of at least 4 members (excludes halogenated alkanes) is 1. The highest BCUT2D eigenvalue weighted by Crippen LogP contribution is 2.19. The maximum Gasteiger partial charge on any atom is 0.326 e. The molecule has 0 bridgehead atoms. The van der Waals surface area contributed by atoms with Crippen molar-refractivity contribution in [3.63, 3.8) is 0 Å². The van der Waals surface area contributed by atoms with Gasteiger partial charge in [0.25, 0.3) is 11.8 Å². The molecule has 0 saturated heterocycles. The molecule has 32 heavy (non-hydrogen) atoms. The van der Waals surface area contributed by atoms with Gasteiger partial charge in [-0.3, -0.25) is 9.59 Å². The highest BCUT2D eigenvalue weighted by molar-refractivity contribution is 6.34. The van der Waals surface area contributed by atoms with Gasteiger partial charge in [-0.25, -0.2) is 4.79 Å². The van der Waals surface area contributed by atoms with Gasteiger partial charge in [-0.05, 0) is 61.7 Å². The quantitative estimate of drug-likeness (QED) is 0.208. The third kappa shape index (κ3) is 7.84. The second kappa shape index (κ2) is 12.7. The lowest BCUT2D eigenvalue weighted by Gasteiger charge is -2.15. The summed E-state index contributed by atoms with van der Waals surface area (Å²) in [7, 11) is 0. The van der Waals surface area contributed by atoms with Crippen LogP contribution in [0.1, 0.15) is 45.5 Å². The average molecular weight is 463 g/mol. The second-order valence-corrected chi connectivity index (χ2v) is 7.52. The minimum absolute atomic E-state index is 0.0313. The zero-order chi connectivity index (χ0) is 23.5. The Kier molecular flexibility index (Phi) is 9.93. The fourth-order valence-electron chi connectivity index (χ4n) is 2.99. The summed E-state index contributed by atoms with van der Waals surface area (Å²) in [6.07, 6.45) is 1.58. The van der Waals surface area contributed by atoms with Crippen molar-refractivity contribution in [2.24, 2.45) is 5.73 Å². The molecule has 0 aliphatic heterocycles. The van der Waals surface area contributed by atoms with Gasteiger partial charge in [-0.2, -0.15) is 0 Å². The molecule has 10 heteroatoms. The van der Waals surface area contributed by atoms with Gasteiger partial charge in [-0.1, -0.05) is 23.7 Å². The van der Waals surface area contributed by atoms with E-state index in [9.17, 15) is 24.6 Å². The number of phenols is 1. The number of phenolic OH excluding ortho intramolecular Hbond substituents is 1. The number of carboxylic acids is 1. The first-order valence-electron chi connectivity index (χ1n) is 10.1. The summed E-state index contributed by atoms with van der Waals surface area (Å²) in [6.45, 7) is 1.22. The van der Waals surface area contributed by atoms with Crippen molar-refractivity contribution >= 4 is 29.4 Å². The maximum absolute atomic E-state index is 12.5. The normalized spacial score (nSPS) is 11.6. The molecule has 0 aliphatic rings. The second-order valence-electron chi connectivity index (χ2n) is 7.11. The van der Waals surface area contributed by atoms with Crippen molar-refractivity contribution in [1.82, 2.24) is 16.0 Å². The van der Waals surface area contributed by atoms with Crippen molar-refractivity contribution in [1.29, 1.82) is 0 Å². The minimum Gasteiger partial charge on any atom is -0.508 e. The van der Waals surface area contributed by atoms with Gasteiger partial charge < -0.3 is 31.9 Å². The number of halogens is 1. The maximum atomic E-state index is 12.5. The van der Waals surface area contributed by atoms with E-state index in [4.69, 9.17) is 17.3 Å². The molecule has 2 aromatic rings. The number of nitrogens with two attached hydrogens (primary N) is 1. The largest absolute Gasteiger partial charge is 0.508 e. The van der Waals surface area contributed by atoms with E-state index in [1.165, 1.54) is 30.3 Å². The van der Waals surface area contributed by atoms with Crippen molar-refractivity contribution in [3.8, 4) is 5.75 Å². The van der Waals surface area contributed by atoms with Gasteiger partial charge in [0, 0.05) is 18.8 Å². The molecule has 0 radical (unpaired) electrons. The lowest BCUT2D eigenvalue weighted by molar-refractivity contribution is -0.139. The predicted octanol–water partition coefficient (Wildman–Crippen LogP) is 1.83. The van der Waals surface area contributed by atoms with Gasteiger partial charge in [0.2, 0.25) is 0 Å². The molecule has 2 aromatic carbocycles. The van der Waals surface area contributed by atoms with Crippen LogP contribution < -0.4 is 21.7 Å². The average Bonchev–Trinajstić information content (AvgIpc) is 2.76. The Balaban J connectivity index is 1.96. The molecule has 7 N–H and O–H groups in total. The Bertz CT molecular complexity index is 954.